The van der Waals surface area contributed by atoms with Crippen molar-refractivity contribution >= 4 is 27.3 Å². The first-order chi connectivity index (χ1) is 11.7. The fourth-order valence-electron chi connectivity index (χ4n) is 2.51. The van der Waals surface area contributed by atoms with E-state index < -0.39 is 10.0 Å². The Morgan fingerprint density at radius 1 is 1.36 bits per heavy atom. The topological polar surface area (TPSA) is 101 Å². The molecule has 0 aromatic carbocycles. The molecule has 2 heterocycles. The molecule has 0 fully saturated rings. The van der Waals surface area contributed by atoms with Crippen LogP contribution in [0.2, 0.25) is 0 Å². The van der Waals surface area contributed by atoms with Crippen LogP contribution >= 0.6 is 11.3 Å². The summed E-state index contributed by atoms with van der Waals surface area (Å²) in [6.07, 6.45) is 0.0528. The summed E-state index contributed by atoms with van der Waals surface area (Å²) < 4.78 is 31.9. The minimum absolute atomic E-state index is 0.00742. The number of rotatable bonds is 8. The van der Waals surface area contributed by atoms with Gasteiger partial charge in [0.25, 0.3) is 0 Å². The van der Waals surface area contributed by atoms with Crippen LogP contribution in [0.4, 0.5) is 0 Å². The smallest absolute Gasteiger partial charge is 0.245 e. The summed E-state index contributed by atoms with van der Waals surface area (Å²) in [4.78, 5) is 13.3. The summed E-state index contributed by atoms with van der Waals surface area (Å²) in [6, 6.07) is 3.85. The van der Waals surface area contributed by atoms with E-state index in [4.69, 9.17) is 4.52 Å². The minimum atomic E-state index is -3.75. The van der Waals surface area contributed by atoms with Crippen molar-refractivity contribution in [1.29, 1.82) is 0 Å². The van der Waals surface area contributed by atoms with Crippen LogP contribution in [0.5, 0.6) is 0 Å². The summed E-state index contributed by atoms with van der Waals surface area (Å²) in [6.45, 7) is 7.17. The number of sulfonamides is 1. The molecule has 2 N–H and O–H groups in total. The number of carbonyl (C=O) groups excluding carboxylic acids is 1. The van der Waals surface area contributed by atoms with Crippen LogP contribution in [-0.2, 0) is 14.8 Å². The van der Waals surface area contributed by atoms with E-state index in [1.165, 1.54) is 6.92 Å². The average molecular weight is 386 g/mol. The Hall–Kier alpha value is -1.71. The lowest BCUT2D eigenvalue weighted by atomic mass is 10.0. The molecule has 0 radical (unpaired) electrons. The summed E-state index contributed by atoms with van der Waals surface area (Å²) in [5, 5.41) is 8.58. The fraction of sp³-hybridized carbons (Fsp3) is 0.500. The molecular weight excluding hydrogens is 362 g/mol. The Balaban J connectivity index is 1.92. The van der Waals surface area contributed by atoms with Crippen molar-refractivity contribution in [3.8, 4) is 0 Å². The van der Waals surface area contributed by atoms with Crippen LogP contribution in [-0.4, -0.2) is 26.0 Å². The summed E-state index contributed by atoms with van der Waals surface area (Å²) in [5.41, 5.74) is 0.298. The number of thiophene rings is 1. The quantitative estimate of drug-likeness (QED) is 0.727. The molecule has 0 unspecified atom stereocenters. The first-order valence-corrected chi connectivity index (χ1v) is 10.3. The molecule has 9 heteroatoms. The van der Waals surface area contributed by atoms with Crippen molar-refractivity contribution in [2.24, 2.45) is 5.92 Å². The Labute approximate surface area is 151 Å². The predicted molar refractivity (Wildman–Crippen MR) is 95.8 cm³/mol. The summed E-state index contributed by atoms with van der Waals surface area (Å²) in [5.74, 6) is 0.266. The predicted octanol–water partition coefficient (Wildman–Crippen LogP) is 2.53. The third-order valence-corrected chi connectivity index (χ3v) is 6.37. The molecule has 2 aromatic heterocycles. The monoisotopic (exact) mass is 385 g/mol. The van der Waals surface area contributed by atoms with Gasteiger partial charge >= 0.3 is 0 Å². The first-order valence-electron chi connectivity index (χ1n) is 7.97. The van der Waals surface area contributed by atoms with Crippen molar-refractivity contribution < 1.29 is 17.7 Å². The van der Waals surface area contributed by atoms with Crippen molar-refractivity contribution in [3.05, 3.63) is 33.8 Å². The maximum atomic E-state index is 12.3. The zero-order chi connectivity index (χ0) is 18.6. The molecule has 2 aromatic rings. The highest BCUT2D eigenvalue weighted by atomic mass is 32.2. The minimum Gasteiger partial charge on any atom is -0.360 e. The van der Waals surface area contributed by atoms with Crippen LogP contribution in [0, 0.1) is 19.8 Å². The fourth-order valence-corrected chi connectivity index (χ4v) is 4.82. The number of hydrogen-bond acceptors (Lipinski definition) is 6. The molecule has 0 saturated heterocycles. The van der Waals surface area contributed by atoms with Gasteiger partial charge in [0.15, 0.2) is 5.76 Å². The van der Waals surface area contributed by atoms with Gasteiger partial charge in [-0.05, 0) is 31.2 Å². The van der Waals surface area contributed by atoms with Gasteiger partial charge in [-0.3, -0.25) is 4.79 Å². The van der Waals surface area contributed by atoms with Gasteiger partial charge in [-0.25, -0.2) is 13.1 Å². The molecule has 25 heavy (non-hydrogen) atoms. The lowest BCUT2D eigenvalue weighted by Crippen LogP contribution is -2.34. The molecule has 1 atom stereocenters. The number of hydrogen-bond donors (Lipinski definition) is 2. The maximum Gasteiger partial charge on any atom is 0.245 e. The molecule has 0 saturated carbocycles. The lowest BCUT2D eigenvalue weighted by molar-refractivity contribution is -0.122. The van der Waals surface area contributed by atoms with Gasteiger partial charge in [0.2, 0.25) is 15.9 Å². The van der Waals surface area contributed by atoms with Crippen molar-refractivity contribution in [2.45, 2.75) is 45.1 Å². The highest BCUT2D eigenvalue weighted by Crippen LogP contribution is 2.25. The van der Waals surface area contributed by atoms with Crippen LogP contribution in [0.25, 0.3) is 0 Å². The zero-order valence-corrected chi connectivity index (χ0v) is 16.3. The van der Waals surface area contributed by atoms with E-state index in [9.17, 15) is 13.2 Å². The first kappa shape index (κ1) is 19.6. The van der Waals surface area contributed by atoms with E-state index in [0.29, 0.717) is 5.69 Å². The SMILES string of the molecule is Cc1noc(C)c1S(=O)(=O)NCCC(=O)N[C@H](c1cccs1)C(C)C. The molecule has 0 bridgehead atoms. The second-order valence-electron chi connectivity index (χ2n) is 6.11. The Bertz CT molecular complexity index is 791. The number of carbonyl (C=O) groups is 1. The molecule has 0 spiro atoms. The van der Waals surface area contributed by atoms with E-state index in [-0.39, 0.29) is 41.5 Å². The summed E-state index contributed by atoms with van der Waals surface area (Å²) in [7, 11) is -3.75. The molecule has 2 rings (SSSR count). The highest BCUT2D eigenvalue weighted by Gasteiger charge is 2.24. The van der Waals surface area contributed by atoms with E-state index in [0.717, 1.165) is 4.88 Å². The number of aromatic nitrogens is 1. The zero-order valence-electron chi connectivity index (χ0n) is 14.7. The molecular formula is C16H23N3O4S2. The van der Waals surface area contributed by atoms with Gasteiger partial charge in [-0.1, -0.05) is 25.1 Å². The molecule has 0 aliphatic carbocycles. The lowest BCUT2D eigenvalue weighted by Gasteiger charge is -2.21. The Morgan fingerprint density at radius 2 is 2.08 bits per heavy atom. The highest BCUT2D eigenvalue weighted by molar-refractivity contribution is 7.89. The number of nitrogens with zero attached hydrogens (tertiary/aromatic N) is 1. The average Bonchev–Trinajstić information content (AvgIpc) is 3.14. The van der Waals surface area contributed by atoms with E-state index in [1.54, 1.807) is 18.3 Å². The van der Waals surface area contributed by atoms with Crippen LogP contribution in [0.1, 0.15) is 42.6 Å². The molecule has 1 amide bonds. The van der Waals surface area contributed by atoms with Gasteiger partial charge < -0.3 is 9.84 Å². The van der Waals surface area contributed by atoms with Crippen LogP contribution in [0.15, 0.2) is 26.9 Å². The van der Waals surface area contributed by atoms with Crippen molar-refractivity contribution in [3.63, 3.8) is 0 Å². The van der Waals surface area contributed by atoms with E-state index >= 15 is 0 Å². The third-order valence-electron chi connectivity index (χ3n) is 3.71. The standard InChI is InChI=1S/C16H23N3O4S2/c1-10(2)15(13-6-5-9-24-13)18-14(20)7-8-17-25(21,22)16-11(3)19-23-12(16)4/h5-6,9-10,15,17H,7-8H2,1-4H3,(H,18,20)/t15-/m0/s1. The molecule has 0 aliphatic heterocycles. The van der Waals surface area contributed by atoms with E-state index in [1.807, 2.05) is 31.4 Å². The molecule has 0 aliphatic rings. The van der Waals surface area contributed by atoms with Crippen LogP contribution < -0.4 is 10.0 Å². The van der Waals surface area contributed by atoms with Gasteiger partial charge in [0, 0.05) is 17.8 Å². The van der Waals surface area contributed by atoms with Gasteiger partial charge in [0.1, 0.15) is 10.6 Å². The number of amides is 1. The third kappa shape index (κ3) is 4.90. The maximum absolute atomic E-state index is 12.3. The van der Waals surface area contributed by atoms with Gasteiger partial charge in [-0.2, -0.15) is 0 Å². The van der Waals surface area contributed by atoms with E-state index in [2.05, 4.69) is 15.2 Å². The normalized spacial score (nSPS) is 13.2. The van der Waals surface area contributed by atoms with Crippen LogP contribution in [0.3, 0.4) is 0 Å². The van der Waals surface area contributed by atoms with Crippen molar-refractivity contribution in [2.75, 3.05) is 6.54 Å². The number of aryl methyl sites for hydroxylation is 2. The number of nitrogens with one attached hydrogen (secondary N) is 2. The van der Waals surface area contributed by atoms with Gasteiger partial charge in [-0.15, -0.1) is 11.3 Å². The summed E-state index contributed by atoms with van der Waals surface area (Å²) >= 11 is 1.59. The molecule has 7 nitrogen and oxygen atoms in total. The second-order valence-corrected chi connectivity index (χ2v) is 8.79. The Kier molecular flexibility index (Phi) is 6.36. The molecule has 138 valence electrons. The van der Waals surface area contributed by atoms with Gasteiger partial charge in [0.05, 0.1) is 6.04 Å². The second kappa shape index (κ2) is 8.11. The Morgan fingerprint density at radius 3 is 2.60 bits per heavy atom. The largest absolute Gasteiger partial charge is 0.360 e. The van der Waals surface area contributed by atoms with Crippen molar-refractivity contribution in [1.82, 2.24) is 15.2 Å².